The SMILES string of the molecule is CC1(C(=O)NCCCC(=O)NC2CC2)CCCN1. The molecule has 0 spiro atoms. The summed E-state index contributed by atoms with van der Waals surface area (Å²) in [5, 5.41) is 9.07. The highest BCUT2D eigenvalue weighted by atomic mass is 16.2. The van der Waals surface area contributed by atoms with Crippen molar-refractivity contribution in [3.8, 4) is 0 Å². The maximum absolute atomic E-state index is 11.9. The van der Waals surface area contributed by atoms with Gasteiger partial charge in [0.15, 0.2) is 0 Å². The van der Waals surface area contributed by atoms with Crippen LogP contribution in [0.2, 0.25) is 0 Å². The van der Waals surface area contributed by atoms with Gasteiger partial charge in [-0.05, 0) is 45.6 Å². The van der Waals surface area contributed by atoms with Crippen LogP contribution in [0.15, 0.2) is 0 Å². The summed E-state index contributed by atoms with van der Waals surface area (Å²) in [6.45, 7) is 3.43. The van der Waals surface area contributed by atoms with E-state index in [0.29, 0.717) is 25.4 Å². The van der Waals surface area contributed by atoms with Crippen molar-refractivity contribution >= 4 is 11.8 Å². The summed E-state index contributed by atoms with van der Waals surface area (Å²) in [4.78, 5) is 23.3. The van der Waals surface area contributed by atoms with Crippen LogP contribution < -0.4 is 16.0 Å². The minimum Gasteiger partial charge on any atom is -0.354 e. The molecule has 102 valence electrons. The first-order chi connectivity index (χ1) is 8.60. The molecule has 3 N–H and O–H groups in total. The van der Waals surface area contributed by atoms with E-state index in [1.165, 1.54) is 0 Å². The number of rotatable bonds is 6. The van der Waals surface area contributed by atoms with E-state index < -0.39 is 5.54 Å². The molecule has 1 unspecified atom stereocenters. The van der Waals surface area contributed by atoms with E-state index in [2.05, 4.69) is 16.0 Å². The molecule has 1 atom stereocenters. The van der Waals surface area contributed by atoms with E-state index in [0.717, 1.165) is 32.2 Å². The maximum Gasteiger partial charge on any atom is 0.240 e. The molecule has 0 bridgehead atoms. The molecule has 18 heavy (non-hydrogen) atoms. The lowest BCUT2D eigenvalue weighted by Crippen LogP contribution is -2.51. The lowest BCUT2D eigenvalue weighted by atomic mass is 9.99. The zero-order valence-corrected chi connectivity index (χ0v) is 11.1. The standard InChI is InChI=1S/C13H23N3O2/c1-13(7-3-9-15-13)12(18)14-8-2-4-11(17)16-10-5-6-10/h10,15H,2-9H2,1H3,(H,14,18)(H,16,17). The van der Waals surface area contributed by atoms with Crippen LogP contribution in [0.3, 0.4) is 0 Å². The third kappa shape index (κ3) is 3.70. The highest BCUT2D eigenvalue weighted by Crippen LogP contribution is 2.19. The average Bonchev–Trinajstić information content (AvgIpc) is 3.03. The largest absolute Gasteiger partial charge is 0.354 e. The highest BCUT2D eigenvalue weighted by Gasteiger charge is 2.35. The summed E-state index contributed by atoms with van der Waals surface area (Å²) in [7, 11) is 0. The van der Waals surface area contributed by atoms with Crippen LogP contribution in [0, 0.1) is 0 Å². The Labute approximate surface area is 108 Å². The first-order valence-corrected chi connectivity index (χ1v) is 6.93. The smallest absolute Gasteiger partial charge is 0.240 e. The summed E-state index contributed by atoms with van der Waals surface area (Å²) in [5.41, 5.74) is -0.406. The molecule has 2 rings (SSSR count). The second-order valence-corrected chi connectivity index (χ2v) is 5.56. The Morgan fingerprint density at radius 3 is 2.78 bits per heavy atom. The Bertz CT molecular complexity index is 320. The first-order valence-electron chi connectivity index (χ1n) is 6.93. The topological polar surface area (TPSA) is 70.2 Å². The fourth-order valence-corrected chi connectivity index (χ4v) is 2.26. The van der Waals surface area contributed by atoms with E-state index >= 15 is 0 Å². The third-order valence-electron chi connectivity index (χ3n) is 3.68. The van der Waals surface area contributed by atoms with Gasteiger partial charge in [0.2, 0.25) is 11.8 Å². The lowest BCUT2D eigenvalue weighted by molar-refractivity contribution is -0.127. The maximum atomic E-state index is 11.9. The van der Waals surface area contributed by atoms with Gasteiger partial charge in [-0.2, -0.15) is 0 Å². The van der Waals surface area contributed by atoms with Gasteiger partial charge in [0.25, 0.3) is 0 Å². The van der Waals surface area contributed by atoms with E-state index in [9.17, 15) is 9.59 Å². The van der Waals surface area contributed by atoms with Crippen LogP contribution >= 0.6 is 0 Å². The van der Waals surface area contributed by atoms with Crippen LogP contribution in [0.1, 0.15) is 45.4 Å². The molecule has 0 radical (unpaired) electrons. The molecule has 1 heterocycles. The van der Waals surface area contributed by atoms with Gasteiger partial charge in [-0.1, -0.05) is 0 Å². The minimum atomic E-state index is -0.406. The highest BCUT2D eigenvalue weighted by molar-refractivity contribution is 5.86. The van der Waals surface area contributed by atoms with Crippen molar-refractivity contribution in [3.05, 3.63) is 0 Å². The Morgan fingerprint density at radius 1 is 1.39 bits per heavy atom. The summed E-state index contributed by atoms with van der Waals surface area (Å²) < 4.78 is 0. The van der Waals surface area contributed by atoms with Crippen molar-refractivity contribution in [2.24, 2.45) is 0 Å². The Morgan fingerprint density at radius 2 is 2.17 bits per heavy atom. The Balaban J connectivity index is 1.56. The molecule has 2 amide bonds. The molecule has 5 nitrogen and oxygen atoms in total. The number of nitrogens with one attached hydrogen (secondary N) is 3. The number of carbonyl (C=O) groups excluding carboxylic acids is 2. The van der Waals surface area contributed by atoms with E-state index in [1.807, 2.05) is 6.92 Å². The summed E-state index contributed by atoms with van der Waals surface area (Å²) in [6, 6.07) is 0.425. The molecular weight excluding hydrogens is 230 g/mol. The normalized spacial score (nSPS) is 26.9. The Hall–Kier alpha value is -1.10. The van der Waals surface area contributed by atoms with Gasteiger partial charge in [0, 0.05) is 19.0 Å². The molecule has 0 aromatic carbocycles. The molecule has 0 aromatic rings. The lowest BCUT2D eigenvalue weighted by Gasteiger charge is -2.22. The predicted molar refractivity (Wildman–Crippen MR) is 69.1 cm³/mol. The second kappa shape index (κ2) is 5.69. The van der Waals surface area contributed by atoms with E-state index in [4.69, 9.17) is 0 Å². The quantitative estimate of drug-likeness (QED) is 0.596. The van der Waals surface area contributed by atoms with E-state index in [1.54, 1.807) is 0 Å². The monoisotopic (exact) mass is 253 g/mol. The van der Waals surface area contributed by atoms with Crippen molar-refractivity contribution in [1.82, 2.24) is 16.0 Å². The van der Waals surface area contributed by atoms with Gasteiger partial charge in [-0.15, -0.1) is 0 Å². The molecule has 5 heteroatoms. The predicted octanol–water partition coefficient (Wildman–Crippen LogP) is 0.304. The molecule has 1 aliphatic carbocycles. The van der Waals surface area contributed by atoms with Crippen LogP contribution in [0.5, 0.6) is 0 Å². The molecule has 1 saturated heterocycles. The van der Waals surface area contributed by atoms with Crippen LogP contribution in [0.4, 0.5) is 0 Å². The van der Waals surface area contributed by atoms with Crippen molar-refractivity contribution in [1.29, 1.82) is 0 Å². The summed E-state index contributed by atoms with van der Waals surface area (Å²) in [5.74, 6) is 0.166. The second-order valence-electron chi connectivity index (χ2n) is 5.56. The molecule has 2 aliphatic rings. The van der Waals surface area contributed by atoms with Crippen molar-refractivity contribution < 1.29 is 9.59 Å². The molecule has 2 fully saturated rings. The van der Waals surface area contributed by atoms with Crippen LogP contribution in [0.25, 0.3) is 0 Å². The number of hydrogen-bond acceptors (Lipinski definition) is 3. The zero-order chi connectivity index (χ0) is 13.0. The van der Waals surface area contributed by atoms with Gasteiger partial charge < -0.3 is 16.0 Å². The van der Waals surface area contributed by atoms with Gasteiger partial charge in [-0.3, -0.25) is 9.59 Å². The number of hydrogen-bond donors (Lipinski definition) is 3. The molecule has 0 aromatic heterocycles. The minimum absolute atomic E-state index is 0.0580. The molecular formula is C13H23N3O2. The third-order valence-corrected chi connectivity index (χ3v) is 3.68. The molecule has 1 aliphatic heterocycles. The fraction of sp³-hybridized carbons (Fsp3) is 0.846. The summed E-state index contributed by atoms with van der Waals surface area (Å²) in [6.07, 6.45) is 5.38. The molecule has 1 saturated carbocycles. The van der Waals surface area contributed by atoms with Crippen LogP contribution in [-0.4, -0.2) is 36.5 Å². The van der Waals surface area contributed by atoms with Gasteiger partial charge in [0.1, 0.15) is 0 Å². The fourth-order valence-electron chi connectivity index (χ4n) is 2.26. The van der Waals surface area contributed by atoms with E-state index in [-0.39, 0.29) is 11.8 Å². The van der Waals surface area contributed by atoms with Crippen molar-refractivity contribution in [2.45, 2.75) is 57.0 Å². The van der Waals surface area contributed by atoms with Crippen molar-refractivity contribution in [2.75, 3.05) is 13.1 Å². The number of amides is 2. The first kappa shape index (κ1) is 13.3. The Kier molecular flexibility index (Phi) is 4.22. The van der Waals surface area contributed by atoms with Gasteiger partial charge in [0.05, 0.1) is 5.54 Å². The number of carbonyl (C=O) groups is 2. The zero-order valence-electron chi connectivity index (χ0n) is 11.1. The van der Waals surface area contributed by atoms with Crippen molar-refractivity contribution in [3.63, 3.8) is 0 Å². The van der Waals surface area contributed by atoms with Crippen LogP contribution in [-0.2, 0) is 9.59 Å². The average molecular weight is 253 g/mol. The van der Waals surface area contributed by atoms with Gasteiger partial charge >= 0.3 is 0 Å². The summed E-state index contributed by atoms with van der Waals surface area (Å²) >= 11 is 0. The van der Waals surface area contributed by atoms with Gasteiger partial charge in [-0.25, -0.2) is 0 Å².